The molecule has 0 fully saturated rings. The van der Waals surface area contributed by atoms with Gasteiger partial charge in [0, 0.05) is 36.9 Å². The van der Waals surface area contributed by atoms with Crippen molar-refractivity contribution in [3.8, 4) is 23.3 Å². The number of fused-ring (bicyclic) bond motifs is 1. The average molecular weight is 388 g/mol. The summed E-state index contributed by atoms with van der Waals surface area (Å²) in [6, 6.07) is 14.1. The van der Waals surface area contributed by atoms with E-state index < -0.39 is 0 Å². The van der Waals surface area contributed by atoms with Crippen LogP contribution >= 0.6 is 0 Å². The molecule has 146 valence electrons. The number of nitriles is 1. The van der Waals surface area contributed by atoms with Crippen molar-refractivity contribution in [2.24, 2.45) is 7.05 Å². The first-order valence-corrected chi connectivity index (χ1v) is 9.18. The molecular formula is C22H20N4O3. The maximum atomic E-state index is 12.8. The van der Waals surface area contributed by atoms with Gasteiger partial charge in [0.1, 0.15) is 22.8 Å². The van der Waals surface area contributed by atoms with Gasteiger partial charge in [-0.2, -0.15) is 10.4 Å². The highest BCUT2D eigenvalue weighted by atomic mass is 16.5. The topological polar surface area (TPSA) is 89.2 Å². The van der Waals surface area contributed by atoms with Crippen LogP contribution in [-0.2, 0) is 13.5 Å². The van der Waals surface area contributed by atoms with Gasteiger partial charge in [0.05, 0.1) is 11.6 Å². The Morgan fingerprint density at radius 2 is 2.03 bits per heavy atom. The molecule has 7 heteroatoms. The van der Waals surface area contributed by atoms with E-state index in [0.29, 0.717) is 40.6 Å². The Kier molecular flexibility index (Phi) is 4.47. The van der Waals surface area contributed by atoms with Crippen molar-refractivity contribution in [3.05, 3.63) is 65.4 Å². The summed E-state index contributed by atoms with van der Waals surface area (Å²) in [5.41, 5.74) is 1.49. The molecular weight excluding hydrogens is 368 g/mol. The maximum absolute atomic E-state index is 12.8. The third-order valence-electron chi connectivity index (χ3n) is 4.59. The van der Waals surface area contributed by atoms with E-state index in [-0.39, 0.29) is 11.5 Å². The van der Waals surface area contributed by atoms with Crippen LogP contribution in [-0.4, -0.2) is 21.3 Å². The molecule has 0 radical (unpaired) electrons. The number of ether oxygens (including phenoxy) is 2. The van der Waals surface area contributed by atoms with Gasteiger partial charge in [0.25, 0.3) is 5.91 Å². The minimum atomic E-state index is -0.388. The fourth-order valence-electron chi connectivity index (χ4n) is 3.26. The van der Waals surface area contributed by atoms with Crippen LogP contribution in [0.2, 0.25) is 0 Å². The van der Waals surface area contributed by atoms with Crippen molar-refractivity contribution in [3.63, 3.8) is 0 Å². The Balaban J connectivity index is 1.67. The number of hydrogen-bond donors (Lipinski definition) is 1. The lowest BCUT2D eigenvalue weighted by Gasteiger charge is -2.16. The number of carbonyl (C=O) groups excluding carboxylic acids is 1. The zero-order valence-corrected chi connectivity index (χ0v) is 16.4. The van der Waals surface area contributed by atoms with E-state index in [4.69, 9.17) is 14.7 Å². The number of nitrogens with zero attached hydrogens (tertiary/aromatic N) is 3. The van der Waals surface area contributed by atoms with E-state index in [9.17, 15) is 4.79 Å². The lowest BCUT2D eigenvalue weighted by Crippen LogP contribution is -2.24. The minimum absolute atomic E-state index is 0.301. The van der Waals surface area contributed by atoms with Gasteiger partial charge in [0.15, 0.2) is 5.82 Å². The fourth-order valence-corrected chi connectivity index (χ4v) is 3.26. The highest BCUT2D eigenvalue weighted by Gasteiger charge is 2.34. The normalized spacial score (nSPS) is 13.9. The predicted octanol–water partition coefficient (Wildman–Crippen LogP) is 4.05. The minimum Gasteiger partial charge on any atom is -0.487 e. The van der Waals surface area contributed by atoms with Crippen LogP contribution in [0.4, 0.5) is 5.82 Å². The Labute approximate surface area is 168 Å². The molecule has 1 aliphatic heterocycles. The predicted molar refractivity (Wildman–Crippen MR) is 107 cm³/mol. The van der Waals surface area contributed by atoms with Gasteiger partial charge < -0.3 is 14.8 Å². The molecule has 0 unspecified atom stereocenters. The second-order valence-electron chi connectivity index (χ2n) is 7.56. The molecule has 4 rings (SSSR count). The standard InChI is InChI=1S/C22H20N4O3/c1-22(2)12-17-18(28-16-6-4-14(13-23)5-7-16)10-15(11-19(17)29-22)21(27)24-20-8-9-26(3)25-20/h4-11H,12H2,1-3H3,(H,24,25,27). The van der Waals surface area contributed by atoms with Crippen LogP contribution in [0.5, 0.6) is 17.2 Å². The summed E-state index contributed by atoms with van der Waals surface area (Å²) in [4.78, 5) is 12.8. The third kappa shape index (κ3) is 3.92. The van der Waals surface area contributed by atoms with Gasteiger partial charge in [-0.15, -0.1) is 0 Å². The highest BCUT2D eigenvalue weighted by molar-refractivity contribution is 6.04. The van der Waals surface area contributed by atoms with Gasteiger partial charge in [0.2, 0.25) is 0 Å². The molecule has 2 aromatic carbocycles. The van der Waals surface area contributed by atoms with Crippen LogP contribution in [0.25, 0.3) is 0 Å². The van der Waals surface area contributed by atoms with Crippen molar-refractivity contribution in [1.29, 1.82) is 5.26 Å². The molecule has 1 N–H and O–H groups in total. The first kappa shape index (κ1) is 18.6. The van der Waals surface area contributed by atoms with Gasteiger partial charge in [-0.3, -0.25) is 9.48 Å². The Bertz CT molecular complexity index is 1120. The Morgan fingerprint density at radius 3 is 2.69 bits per heavy atom. The van der Waals surface area contributed by atoms with Gasteiger partial charge in [-0.05, 0) is 50.2 Å². The number of carbonyl (C=O) groups is 1. The number of rotatable bonds is 4. The Morgan fingerprint density at radius 1 is 1.28 bits per heavy atom. The molecule has 0 aliphatic carbocycles. The maximum Gasteiger partial charge on any atom is 0.257 e. The summed E-state index contributed by atoms with van der Waals surface area (Å²) in [5.74, 6) is 1.94. The summed E-state index contributed by atoms with van der Waals surface area (Å²) < 4.78 is 13.7. The number of benzene rings is 2. The number of hydrogen-bond acceptors (Lipinski definition) is 5. The smallest absolute Gasteiger partial charge is 0.257 e. The quantitative estimate of drug-likeness (QED) is 0.728. The van der Waals surface area contributed by atoms with Crippen molar-refractivity contribution in [1.82, 2.24) is 9.78 Å². The summed E-state index contributed by atoms with van der Waals surface area (Å²) >= 11 is 0. The highest BCUT2D eigenvalue weighted by Crippen LogP contribution is 2.43. The van der Waals surface area contributed by atoms with E-state index in [1.165, 1.54) is 0 Å². The summed E-state index contributed by atoms with van der Waals surface area (Å²) in [7, 11) is 1.78. The van der Waals surface area contributed by atoms with Crippen molar-refractivity contribution in [2.45, 2.75) is 25.9 Å². The molecule has 29 heavy (non-hydrogen) atoms. The molecule has 3 aromatic rings. The van der Waals surface area contributed by atoms with Gasteiger partial charge >= 0.3 is 0 Å². The lowest BCUT2D eigenvalue weighted by molar-refractivity contribution is 0.102. The molecule has 1 aromatic heterocycles. The summed E-state index contributed by atoms with van der Waals surface area (Å²) in [6.07, 6.45) is 2.42. The molecule has 0 spiro atoms. The van der Waals surface area contributed by atoms with Crippen LogP contribution in [0.15, 0.2) is 48.7 Å². The summed E-state index contributed by atoms with van der Waals surface area (Å²) in [5, 5.41) is 15.9. The van der Waals surface area contributed by atoms with Crippen LogP contribution in [0, 0.1) is 11.3 Å². The lowest BCUT2D eigenvalue weighted by atomic mass is 9.99. The van der Waals surface area contributed by atoms with E-state index >= 15 is 0 Å². The number of aryl methyl sites for hydroxylation is 1. The Hall–Kier alpha value is -3.79. The van der Waals surface area contributed by atoms with Crippen LogP contribution in [0.3, 0.4) is 0 Å². The molecule has 7 nitrogen and oxygen atoms in total. The zero-order valence-electron chi connectivity index (χ0n) is 16.4. The molecule has 0 atom stereocenters. The van der Waals surface area contributed by atoms with Crippen molar-refractivity contribution < 1.29 is 14.3 Å². The number of amides is 1. The number of anilines is 1. The molecule has 1 amide bonds. The van der Waals surface area contributed by atoms with Crippen molar-refractivity contribution >= 4 is 11.7 Å². The molecule has 2 heterocycles. The number of nitrogens with one attached hydrogen (secondary N) is 1. The first-order chi connectivity index (χ1) is 13.8. The van der Waals surface area contributed by atoms with Crippen LogP contribution in [0.1, 0.15) is 35.3 Å². The molecule has 0 saturated carbocycles. The van der Waals surface area contributed by atoms with Crippen molar-refractivity contribution in [2.75, 3.05) is 5.32 Å². The largest absolute Gasteiger partial charge is 0.487 e. The first-order valence-electron chi connectivity index (χ1n) is 9.18. The van der Waals surface area contributed by atoms with E-state index in [0.717, 1.165) is 5.56 Å². The molecule has 0 saturated heterocycles. The number of aromatic nitrogens is 2. The molecule has 1 aliphatic rings. The molecule has 0 bridgehead atoms. The average Bonchev–Trinajstić information content (AvgIpc) is 3.23. The summed E-state index contributed by atoms with van der Waals surface area (Å²) in [6.45, 7) is 3.98. The second kappa shape index (κ2) is 6.99. The van der Waals surface area contributed by atoms with E-state index in [1.54, 1.807) is 60.4 Å². The SMILES string of the molecule is Cn1ccc(NC(=O)c2cc(Oc3ccc(C#N)cc3)c3c(c2)OC(C)(C)C3)n1. The van der Waals surface area contributed by atoms with E-state index in [2.05, 4.69) is 16.5 Å². The van der Waals surface area contributed by atoms with E-state index in [1.807, 2.05) is 13.8 Å². The van der Waals surface area contributed by atoms with Crippen LogP contribution < -0.4 is 14.8 Å². The van der Waals surface area contributed by atoms with Gasteiger partial charge in [-0.1, -0.05) is 0 Å². The second-order valence-corrected chi connectivity index (χ2v) is 7.56. The fraction of sp³-hybridized carbons (Fsp3) is 0.227. The monoisotopic (exact) mass is 388 g/mol. The zero-order chi connectivity index (χ0) is 20.6. The van der Waals surface area contributed by atoms with Gasteiger partial charge in [-0.25, -0.2) is 0 Å². The third-order valence-corrected chi connectivity index (χ3v) is 4.59.